The van der Waals surface area contributed by atoms with Crippen LogP contribution in [0.1, 0.15) is 36.4 Å². The van der Waals surface area contributed by atoms with Gasteiger partial charge in [-0.1, -0.05) is 12.1 Å². The van der Waals surface area contributed by atoms with E-state index in [0.29, 0.717) is 24.3 Å². The summed E-state index contributed by atoms with van der Waals surface area (Å²) < 4.78 is 70.3. The zero-order chi connectivity index (χ0) is 22.8. The van der Waals surface area contributed by atoms with Gasteiger partial charge >= 0.3 is 6.18 Å². The third-order valence-electron chi connectivity index (χ3n) is 5.05. The van der Waals surface area contributed by atoms with Crippen LogP contribution in [0.2, 0.25) is 0 Å². The lowest BCUT2D eigenvalue weighted by molar-refractivity contribution is -0.142. The number of benzene rings is 1. The van der Waals surface area contributed by atoms with Gasteiger partial charge in [0.25, 0.3) is 0 Å². The Labute approximate surface area is 178 Å². The van der Waals surface area contributed by atoms with Crippen LogP contribution in [-0.2, 0) is 51.5 Å². The van der Waals surface area contributed by atoms with Crippen LogP contribution in [-0.4, -0.2) is 42.5 Å². The van der Waals surface area contributed by atoms with Crippen molar-refractivity contribution in [2.45, 2.75) is 56.2 Å². The van der Waals surface area contributed by atoms with Gasteiger partial charge in [-0.05, 0) is 31.5 Å². The Hall–Kier alpha value is -2.40. The van der Waals surface area contributed by atoms with Gasteiger partial charge in [0.15, 0.2) is 15.5 Å². The van der Waals surface area contributed by atoms with E-state index in [1.807, 2.05) is 0 Å². The molecule has 0 saturated carbocycles. The Morgan fingerprint density at radius 1 is 1.26 bits per heavy atom. The van der Waals surface area contributed by atoms with E-state index in [1.54, 1.807) is 26.0 Å². The molecule has 0 aliphatic carbocycles. The molecule has 0 saturated heterocycles. The van der Waals surface area contributed by atoms with Gasteiger partial charge in [0, 0.05) is 24.2 Å². The number of nitrogens with zero attached hydrogens (tertiary/aromatic N) is 2. The summed E-state index contributed by atoms with van der Waals surface area (Å²) in [5.41, 5.74) is 0.231. The highest BCUT2D eigenvalue weighted by Gasteiger charge is 2.39. The lowest BCUT2D eigenvalue weighted by Gasteiger charge is -2.15. The number of aromatic nitrogens is 2. The van der Waals surface area contributed by atoms with Gasteiger partial charge in [-0.15, -0.1) is 0 Å². The van der Waals surface area contributed by atoms with E-state index in [0.717, 1.165) is 0 Å². The van der Waals surface area contributed by atoms with Gasteiger partial charge in [-0.2, -0.15) is 18.3 Å². The van der Waals surface area contributed by atoms with Crippen molar-refractivity contribution in [2.75, 3.05) is 13.2 Å². The normalized spacial score (nSPS) is 14.5. The number of ether oxygens (including phenoxy) is 1. The summed E-state index contributed by atoms with van der Waals surface area (Å²) in [6.45, 7) is 3.61. The largest absolute Gasteiger partial charge is 0.435 e. The molecule has 0 spiro atoms. The maximum atomic E-state index is 13.2. The Bertz CT molecular complexity index is 1040. The van der Waals surface area contributed by atoms with E-state index in [2.05, 4.69) is 10.4 Å². The molecule has 2 aromatic rings. The minimum Gasteiger partial charge on any atom is -0.376 e. The van der Waals surface area contributed by atoms with Crippen LogP contribution in [0.15, 0.2) is 29.2 Å². The van der Waals surface area contributed by atoms with Crippen molar-refractivity contribution in [2.24, 2.45) is 0 Å². The average Bonchev–Trinajstić information content (AvgIpc) is 3.07. The highest BCUT2D eigenvalue weighted by Crippen LogP contribution is 2.34. The molecule has 2 heterocycles. The minimum absolute atomic E-state index is 0.0286. The molecule has 1 aliphatic heterocycles. The molecular formula is C20H24F3N3O4S. The molecular weight excluding hydrogens is 435 g/mol. The van der Waals surface area contributed by atoms with Crippen molar-refractivity contribution in [1.82, 2.24) is 15.1 Å². The zero-order valence-electron chi connectivity index (χ0n) is 17.2. The second-order valence-electron chi connectivity index (χ2n) is 7.56. The van der Waals surface area contributed by atoms with Crippen molar-refractivity contribution in [3.63, 3.8) is 0 Å². The number of carbonyl (C=O) groups excluding carboxylic acids is 1. The standard InChI is InChI=1S/C20H24F3N3O4S/c1-13(2)31(28,29)15-5-3-14(4-6-15)11-18(27)24-8-9-26-17-7-10-30-12-16(17)19(25-26)20(21,22)23/h3-6,13H,7-12H2,1-2H3,(H,24,27). The van der Waals surface area contributed by atoms with Crippen molar-refractivity contribution in [3.05, 3.63) is 46.8 Å². The first-order chi connectivity index (χ1) is 14.5. The summed E-state index contributed by atoms with van der Waals surface area (Å²) in [6, 6.07) is 6.09. The SMILES string of the molecule is CC(C)S(=O)(=O)c1ccc(CC(=O)NCCn2nc(C(F)(F)F)c3c2CCOC3)cc1. The van der Waals surface area contributed by atoms with Crippen molar-refractivity contribution in [3.8, 4) is 0 Å². The maximum absolute atomic E-state index is 13.2. The summed E-state index contributed by atoms with van der Waals surface area (Å²) >= 11 is 0. The highest BCUT2D eigenvalue weighted by atomic mass is 32.2. The molecule has 1 aromatic carbocycles. The lowest BCUT2D eigenvalue weighted by Crippen LogP contribution is -2.29. The highest BCUT2D eigenvalue weighted by molar-refractivity contribution is 7.92. The van der Waals surface area contributed by atoms with E-state index in [9.17, 15) is 26.4 Å². The van der Waals surface area contributed by atoms with E-state index < -0.39 is 27.0 Å². The minimum atomic E-state index is -4.56. The first kappa shape index (κ1) is 23.3. The van der Waals surface area contributed by atoms with Crippen LogP contribution in [0.3, 0.4) is 0 Å². The van der Waals surface area contributed by atoms with Gasteiger partial charge in [-0.25, -0.2) is 8.42 Å². The number of hydrogen-bond donors (Lipinski definition) is 1. The van der Waals surface area contributed by atoms with E-state index >= 15 is 0 Å². The topological polar surface area (TPSA) is 90.3 Å². The third-order valence-corrected chi connectivity index (χ3v) is 7.22. The Morgan fingerprint density at radius 3 is 2.55 bits per heavy atom. The number of carbonyl (C=O) groups is 1. The first-order valence-corrected chi connectivity index (χ1v) is 11.4. The first-order valence-electron chi connectivity index (χ1n) is 9.83. The molecule has 0 unspecified atom stereocenters. The molecule has 1 N–H and O–H groups in total. The van der Waals surface area contributed by atoms with Crippen LogP contribution in [0, 0.1) is 0 Å². The molecule has 11 heteroatoms. The second-order valence-corrected chi connectivity index (χ2v) is 10.1. The Balaban J connectivity index is 1.58. The zero-order valence-corrected chi connectivity index (χ0v) is 18.0. The Kier molecular flexibility index (Phi) is 6.75. The summed E-state index contributed by atoms with van der Waals surface area (Å²) in [5, 5.41) is 5.82. The van der Waals surface area contributed by atoms with Crippen molar-refractivity contribution >= 4 is 15.7 Å². The third kappa shape index (κ3) is 5.27. The van der Waals surface area contributed by atoms with Crippen LogP contribution >= 0.6 is 0 Å². The predicted octanol–water partition coefficient (Wildman–Crippen LogP) is 2.52. The van der Waals surface area contributed by atoms with Crippen LogP contribution < -0.4 is 5.32 Å². The molecule has 170 valence electrons. The van der Waals surface area contributed by atoms with Crippen LogP contribution in [0.4, 0.5) is 13.2 Å². The van der Waals surface area contributed by atoms with Crippen LogP contribution in [0.25, 0.3) is 0 Å². The van der Waals surface area contributed by atoms with Gasteiger partial charge in [0.05, 0.1) is 36.3 Å². The summed E-state index contributed by atoms with van der Waals surface area (Å²) in [7, 11) is -3.38. The fraction of sp³-hybridized carbons (Fsp3) is 0.500. The number of fused-ring (bicyclic) bond motifs is 1. The van der Waals surface area contributed by atoms with Gasteiger partial charge in [0.2, 0.25) is 5.91 Å². The van der Waals surface area contributed by atoms with Crippen molar-refractivity contribution in [1.29, 1.82) is 0 Å². The van der Waals surface area contributed by atoms with Gasteiger partial charge < -0.3 is 10.1 Å². The summed E-state index contributed by atoms with van der Waals surface area (Å²) in [6.07, 6.45) is -4.20. The van der Waals surface area contributed by atoms with Crippen LogP contribution in [0.5, 0.6) is 0 Å². The monoisotopic (exact) mass is 459 g/mol. The molecule has 0 radical (unpaired) electrons. The number of sulfone groups is 1. The number of alkyl halides is 3. The van der Waals surface area contributed by atoms with E-state index in [4.69, 9.17) is 4.74 Å². The number of amides is 1. The molecule has 1 amide bonds. The quantitative estimate of drug-likeness (QED) is 0.687. The number of hydrogen-bond acceptors (Lipinski definition) is 5. The maximum Gasteiger partial charge on any atom is 0.435 e. The molecule has 0 bridgehead atoms. The second kappa shape index (κ2) is 8.99. The molecule has 7 nitrogen and oxygen atoms in total. The summed E-state index contributed by atoms with van der Waals surface area (Å²) in [5.74, 6) is -0.320. The fourth-order valence-corrected chi connectivity index (χ4v) is 4.40. The smallest absolute Gasteiger partial charge is 0.376 e. The van der Waals surface area contributed by atoms with Gasteiger partial charge in [-0.3, -0.25) is 9.48 Å². The molecule has 3 rings (SSSR count). The summed E-state index contributed by atoms with van der Waals surface area (Å²) in [4.78, 5) is 12.4. The van der Waals surface area contributed by atoms with Crippen molar-refractivity contribution < 1.29 is 31.1 Å². The molecule has 1 aromatic heterocycles. The predicted molar refractivity (Wildman–Crippen MR) is 106 cm³/mol. The average molecular weight is 459 g/mol. The fourth-order valence-electron chi connectivity index (χ4n) is 3.34. The molecule has 0 fully saturated rings. The molecule has 1 aliphatic rings. The number of nitrogens with one attached hydrogen (secondary N) is 1. The van der Waals surface area contributed by atoms with E-state index in [1.165, 1.54) is 16.8 Å². The molecule has 0 atom stereocenters. The van der Waals surface area contributed by atoms with Gasteiger partial charge in [0.1, 0.15) is 0 Å². The lowest BCUT2D eigenvalue weighted by atomic mass is 10.1. The Morgan fingerprint density at radius 2 is 1.94 bits per heavy atom. The number of halogens is 3. The number of rotatable bonds is 7. The van der Waals surface area contributed by atoms with E-state index in [-0.39, 0.29) is 42.5 Å². The molecule has 31 heavy (non-hydrogen) atoms.